The number of thioether (sulfide) groups is 1. The van der Waals surface area contributed by atoms with Crippen molar-refractivity contribution in [3.05, 3.63) is 75.1 Å². The first-order chi connectivity index (χ1) is 13.0. The lowest BCUT2D eigenvalue weighted by Crippen LogP contribution is -2.14. The van der Waals surface area contributed by atoms with E-state index in [2.05, 4.69) is 15.5 Å². The summed E-state index contributed by atoms with van der Waals surface area (Å²) in [6, 6.07) is 13.5. The van der Waals surface area contributed by atoms with Crippen molar-refractivity contribution < 1.29 is 14.1 Å². The minimum atomic E-state index is -0.560. The molecule has 8 nitrogen and oxygen atoms in total. The number of hydrogen-bond acceptors (Lipinski definition) is 7. The highest BCUT2D eigenvalue weighted by Crippen LogP contribution is 2.27. The molecule has 1 amide bonds. The molecule has 0 fully saturated rings. The maximum Gasteiger partial charge on any atom is 0.277 e. The minimum absolute atomic E-state index is 0.0281. The van der Waals surface area contributed by atoms with Crippen molar-refractivity contribution >= 4 is 40.6 Å². The quantitative estimate of drug-likeness (QED) is 0.360. The topological polar surface area (TPSA) is 111 Å². The number of non-ortho nitro benzene ring substituents is 1. The highest BCUT2D eigenvalue weighted by atomic mass is 35.5. The largest absolute Gasteiger partial charge is 0.416 e. The molecule has 0 saturated carbocycles. The third-order valence-electron chi connectivity index (χ3n) is 3.41. The number of nitrogens with zero attached hydrogens (tertiary/aromatic N) is 3. The van der Waals surface area contributed by atoms with Gasteiger partial charge in [-0.05, 0) is 11.6 Å². The van der Waals surface area contributed by atoms with Gasteiger partial charge in [0.05, 0.1) is 27.8 Å². The Bertz CT molecular complexity index is 965. The third kappa shape index (κ3) is 5.28. The molecule has 0 aliphatic heterocycles. The number of carbonyl (C=O) groups excluding carboxylic acids is 1. The Morgan fingerprint density at radius 1 is 1.22 bits per heavy atom. The predicted molar refractivity (Wildman–Crippen MR) is 101 cm³/mol. The lowest BCUT2D eigenvalue weighted by Gasteiger charge is -2.06. The minimum Gasteiger partial charge on any atom is -0.416 e. The van der Waals surface area contributed by atoms with Crippen LogP contribution in [0.2, 0.25) is 5.02 Å². The molecule has 0 unspecified atom stereocenters. The van der Waals surface area contributed by atoms with Gasteiger partial charge in [-0.1, -0.05) is 53.7 Å². The second-order valence-electron chi connectivity index (χ2n) is 5.38. The fourth-order valence-electron chi connectivity index (χ4n) is 2.17. The van der Waals surface area contributed by atoms with Crippen molar-refractivity contribution in [2.75, 3.05) is 11.1 Å². The molecule has 27 heavy (non-hydrogen) atoms. The van der Waals surface area contributed by atoms with E-state index in [9.17, 15) is 14.9 Å². The average Bonchev–Trinajstić information content (AvgIpc) is 3.10. The summed E-state index contributed by atoms with van der Waals surface area (Å²) in [5.41, 5.74) is 1.19. The van der Waals surface area contributed by atoms with Gasteiger partial charge < -0.3 is 9.73 Å². The number of nitrogens with one attached hydrogen (secondary N) is 1. The number of nitro groups is 1. The van der Waals surface area contributed by atoms with E-state index in [-0.39, 0.29) is 27.6 Å². The molecule has 0 spiro atoms. The van der Waals surface area contributed by atoms with Crippen LogP contribution in [0.25, 0.3) is 0 Å². The molecule has 0 aliphatic carbocycles. The monoisotopic (exact) mass is 404 g/mol. The summed E-state index contributed by atoms with van der Waals surface area (Å²) in [6.07, 6.45) is 0.513. The zero-order valence-electron chi connectivity index (χ0n) is 13.8. The maximum atomic E-state index is 12.0. The first-order valence-corrected chi connectivity index (χ1v) is 9.10. The van der Waals surface area contributed by atoms with Crippen molar-refractivity contribution in [2.45, 2.75) is 11.6 Å². The number of nitro benzene ring substituents is 1. The molecular weight excluding hydrogens is 392 g/mol. The Kier molecular flexibility index (Phi) is 6.05. The number of carbonyl (C=O) groups is 1. The summed E-state index contributed by atoms with van der Waals surface area (Å²) in [6.45, 7) is 0. The van der Waals surface area contributed by atoms with Crippen LogP contribution in [0.15, 0.2) is 58.2 Å². The zero-order chi connectivity index (χ0) is 19.2. The summed E-state index contributed by atoms with van der Waals surface area (Å²) in [5, 5.41) is 21.5. The van der Waals surface area contributed by atoms with Crippen molar-refractivity contribution in [1.29, 1.82) is 0 Å². The maximum absolute atomic E-state index is 12.0. The van der Waals surface area contributed by atoms with Crippen LogP contribution in [-0.4, -0.2) is 26.8 Å². The predicted octanol–water partition coefficient (Wildman–Crippen LogP) is 3.95. The lowest BCUT2D eigenvalue weighted by atomic mass is 10.2. The number of halogens is 1. The second-order valence-corrected chi connectivity index (χ2v) is 6.72. The molecule has 1 aromatic heterocycles. The summed E-state index contributed by atoms with van der Waals surface area (Å²) < 4.78 is 5.51. The van der Waals surface area contributed by atoms with Crippen molar-refractivity contribution in [1.82, 2.24) is 10.2 Å². The fraction of sp³-hybridized carbons (Fsp3) is 0.118. The van der Waals surface area contributed by atoms with Crippen LogP contribution in [0.1, 0.15) is 11.5 Å². The van der Waals surface area contributed by atoms with Crippen LogP contribution < -0.4 is 5.32 Å². The first kappa shape index (κ1) is 18.9. The Morgan fingerprint density at radius 3 is 2.70 bits per heavy atom. The molecule has 1 heterocycles. The summed E-state index contributed by atoms with van der Waals surface area (Å²) >= 11 is 7.04. The molecule has 2 aromatic carbocycles. The molecule has 10 heteroatoms. The standard InChI is InChI=1S/C17H13ClN4O4S/c18-13-9-12(22(24)25)6-7-14(13)19-15(23)10-27-17-21-20-16(26-17)8-11-4-2-1-3-5-11/h1-7,9H,8,10H2,(H,19,23). The second kappa shape index (κ2) is 8.65. The number of amides is 1. The van der Waals surface area contributed by atoms with E-state index >= 15 is 0 Å². The van der Waals surface area contributed by atoms with Gasteiger partial charge >= 0.3 is 0 Å². The molecule has 3 rings (SSSR count). The van der Waals surface area contributed by atoms with Crippen LogP contribution in [-0.2, 0) is 11.2 Å². The number of rotatable bonds is 7. The third-order valence-corrected chi connectivity index (χ3v) is 4.54. The van der Waals surface area contributed by atoms with Gasteiger partial charge in [-0.3, -0.25) is 14.9 Å². The Morgan fingerprint density at radius 2 is 2.00 bits per heavy atom. The molecular formula is C17H13ClN4O4S. The van der Waals surface area contributed by atoms with E-state index < -0.39 is 4.92 Å². The first-order valence-electron chi connectivity index (χ1n) is 7.74. The smallest absolute Gasteiger partial charge is 0.277 e. The van der Waals surface area contributed by atoms with E-state index in [1.165, 1.54) is 18.2 Å². The van der Waals surface area contributed by atoms with Crippen LogP contribution in [0.5, 0.6) is 0 Å². The Hall–Kier alpha value is -2.91. The van der Waals surface area contributed by atoms with Crippen LogP contribution in [0.3, 0.4) is 0 Å². The van der Waals surface area contributed by atoms with Gasteiger partial charge in [-0.15, -0.1) is 10.2 Å². The van der Waals surface area contributed by atoms with Gasteiger partial charge in [0.25, 0.3) is 10.9 Å². The van der Waals surface area contributed by atoms with Crippen molar-refractivity contribution in [3.63, 3.8) is 0 Å². The van der Waals surface area contributed by atoms with E-state index in [1.54, 1.807) is 0 Å². The number of benzene rings is 2. The van der Waals surface area contributed by atoms with E-state index in [0.717, 1.165) is 17.3 Å². The summed E-state index contributed by atoms with van der Waals surface area (Å²) in [4.78, 5) is 22.2. The average molecular weight is 405 g/mol. The zero-order valence-corrected chi connectivity index (χ0v) is 15.4. The molecule has 0 aliphatic rings. The number of aromatic nitrogens is 2. The summed E-state index contributed by atoms with van der Waals surface area (Å²) in [5.74, 6) is 0.140. The Labute approximate surface area is 163 Å². The molecule has 0 saturated heterocycles. The van der Waals surface area contributed by atoms with E-state index in [4.69, 9.17) is 16.0 Å². The fourth-order valence-corrected chi connectivity index (χ4v) is 2.97. The van der Waals surface area contributed by atoms with Gasteiger partial charge in [0.15, 0.2) is 0 Å². The summed E-state index contributed by atoms with van der Waals surface area (Å²) in [7, 11) is 0. The van der Waals surface area contributed by atoms with Crippen LogP contribution in [0, 0.1) is 10.1 Å². The molecule has 1 N–H and O–H groups in total. The van der Waals surface area contributed by atoms with Gasteiger partial charge in [-0.25, -0.2) is 0 Å². The van der Waals surface area contributed by atoms with Gasteiger partial charge in [-0.2, -0.15) is 0 Å². The highest BCUT2D eigenvalue weighted by molar-refractivity contribution is 7.99. The van der Waals surface area contributed by atoms with Crippen molar-refractivity contribution in [3.8, 4) is 0 Å². The molecule has 138 valence electrons. The van der Waals surface area contributed by atoms with Crippen LogP contribution in [0.4, 0.5) is 11.4 Å². The molecule has 0 bridgehead atoms. The van der Waals surface area contributed by atoms with Gasteiger partial charge in [0.1, 0.15) is 0 Å². The number of hydrogen-bond donors (Lipinski definition) is 1. The lowest BCUT2D eigenvalue weighted by molar-refractivity contribution is -0.384. The normalized spacial score (nSPS) is 10.6. The Balaban J connectivity index is 1.53. The highest BCUT2D eigenvalue weighted by Gasteiger charge is 2.13. The van der Waals surface area contributed by atoms with Crippen molar-refractivity contribution in [2.24, 2.45) is 0 Å². The SMILES string of the molecule is O=C(CSc1nnc(Cc2ccccc2)o1)Nc1ccc([N+](=O)[O-])cc1Cl. The molecule has 3 aromatic rings. The van der Waals surface area contributed by atoms with E-state index in [1.807, 2.05) is 30.3 Å². The molecule has 0 atom stereocenters. The van der Waals surface area contributed by atoms with Gasteiger partial charge in [0, 0.05) is 12.1 Å². The van der Waals surface area contributed by atoms with Crippen LogP contribution >= 0.6 is 23.4 Å². The molecule has 0 radical (unpaired) electrons. The van der Waals surface area contributed by atoms with Gasteiger partial charge in [0.2, 0.25) is 11.8 Å². The number of anilines is 1. The van der Waals surface area contributed by atoms with E-state index in [0.29, 0.717) is 18.0 Å².